The molecule has 0 aromatic rings. The molecule has 12 heavy (non-hydrogen) atoms. The standard InChI is InChI=1S/C9H22N3/c1-4-11-8-12(5-2,9-11)7-6-10-3/h10H,4-9H2,1-3H3/q+1. The number of likely N-dealkylation sites (N-methyl/N-ethyl adjacent to an activating group) is 2. The summed E-state index contributed by atoms with van der Waals surface area (Å²) in [7, 11) is 2.03. The third-order valence-electron chi connectivity index (χ3n) is 2.95. The minimum Gasteiger partial charge on any atom is -0.315 e. The van der Waals surface area contributed by atoms with Gasteiger partial charge in [0.25, 0.3) is 0 Å². The van der Waals surface area contributed by atoms with Gasteiger partial charge in [0.1, 0.15) is 13.3 Å². The molecule has 1 heterocycles. The molecular formula is C9H22N3+. The Hall–Kier alpha value is -0.120. The van der Waals surface area contributed by atoms with Crippen LogP contribution in [0.1, 0.15) is 13.8 Å². The fraction of sp³-hybridized carbons (Fsp3) is 1.00. The lowest BCUT2D eigenvalue weighted by Crippen LogP contribution is -2.70. The zero-order valence-electron chi connectivity index (χ0n) is 8.64. The summed E-state index contributed by atoms with van der Waals surface area (Å²) in [4.78, 5) is 2.50. The zero-order valence-corrected chi connectivity index (χ0v) is 8.64. The van der Waals surface area contributed by atoms with Crippen LogP contribution in [0.4, 0.5) is 0 Å². The minimum atomic E-state index is 1.14. The van der Waals surface area contributed by atoms with E-state index in [0.29, 0.717) is 0 Å². The summed E-state index contributed by atoms with van der Waals surface area (Å²) < 4.78 is 1.29. The van der Waals surface area contributed by atoms with E-state index in [9.17, 15) is 0 Å². The third-order valence-corrected chi connectivity index (χ3v) is 2.95. The third kappa shape index (κ3) is 1.97. The van der Waals surface area contributed by atoms with E-state index in [1.54, 1.807) is 0 Å². The van der Waals surface area contributed by atoms with Gasteiger partial charge in [-0.05, 0) is 14.0 Å². The maximum atomic E-state index is 3.22. The molecule has 1 rings (SSSR count). The van der Waals surface area contributed by atoms with Crippen molar-refractivity contribution in [1.29, 1.82) is 0 Å². The largest absolute Gasteiger partial charge is 0.315 e. The van der Waals surface area contributed by atoms with Crippen LogP contribution in [-0.2, 0) is 0 Å². The molecule has 0 saturated carbocycles. The first-order valence-corrected chi connectivity index (χ1v) is 4.98. The van der Waals surface area contributed by atoms with E-state index in [1.165, 1.54) is 37.5 Å². The molecule has 0 spiro atoms. The Balaban J connectivity index is 2.26. The fourth-order valence-corrected chi connectivity index (χ4v) is 1.86. The summed E-state index contributed by atoms with van der Waals surface area (Å²) in [6, 6.07) is 0. The molecule has 0 unspecified atom stereocenters. The molecule has 0 atom stereocenters. The van der Waals surface area contributed by atoms with Crippen LogP contribution in [0.2, 0.25) is 0 Å². The van der Waals surface area contributed by atoms with Gasteiger partial charge in [-0.3, -0.25) is 4.48 Å². The van der Waals surface area contributed by atoms with Crippen molar-refractivity contribution >= 4 is 0 Å². The Morgan fingerprint density at radius 3 is 2.42 bits per heavy atom. The number of rotatable bonds is 5. The lowest BCUT2D eigenvalue weighted by atomic mass is 10.3. The van der Waals surface area contributed by atoms with Gasteiger partial charge in [0.2, 0.25) is 0 Å². The Bertz CT molecular complexity index is 124. The second kappa shape index (κ2) is 4.21. The smallest absolute Gasteiger partial charge is 0.140 e. The average molecular weight is 172 g/mol. The van der Waals surface area contributed by atoms with Crippen LogP contribution in [0, 0.1) is 0 Å². The second-order valence-electron chi connectivity index (χ2n) is 3.75. The SMILES string of the molecule is CCN1C[N+](CC)(CCNC)C1. The molecule has 3 heteroatoms. The van der Waals surface area contributed by atoms with Crippen LogP contribution in [0.5, 0.6) is 0 Å². The molecule has 0 bridgehead atoms. The first kappa shape index (κ1) is 9.96. The van der Waals surface area contributed by atoms with Gasteiger partial charge < -0.3 is 5.32 Å². The first-order chi connectivity index (χ1) is 5.76. The van der Waals surface area contributed by atoms with Crippen LogP contribution in [0.25, 0.3) is 0 Å². The molecule has 3 nitrogen and oxygen atoms in total. The summed E-state index contributed by atoms with van der Waals surface area (Å²) in [6.07, 6.45) is 0. The van der Waals surface area contributed by atoms with Crippen molar-refractivity contribution in [3.8, 4) is 0 Å². The molecule has 0 aromatic heterocycles. The number of hydrogen-bond acceptors (Lipinski definition) is 2. The molecule has 0 aliphatic carbocycles. The van der Waals surface area contributed by atoms with E-state index in [2.05, 4.69) is 24.1 Å². The van der Waals surface area contributed by atoms with Gasteiger partial charge in [-0.1, -0.05) is 6.92 Å². The van der Waals surface area contributed by atoms with E-state index in [0.717, 1.165) is 6.54 Å². The van der Waals surface area contributed by atoms with Crippen LogP contribution >= 0.6 is 0 Å². The van der Waals surface area contributed by atoms with Crippen molar-refractivity contribution < 1.29 is 4.48 Å². The number of quaternary nitrogens is 1. The van der Waals surface area contributed by atoms with Crippen molar-refractivity contribution in [2.24, 2.45) is 0 Å². The van der Waals surface area contributed by atoms with Crippen LogP contribution in [0.15, 0.2) is 0 Å². The molecule has 1 aliphatic heterocycles. The van der Waals surface area contributed by atoms with Gasteiger partial charge in [0.05, 0.1) is 13.1 Å². The summed E-state index contributed by atoms with van der Waals surface area (Å²) >= 11 is 0. The molecule has 0 amide bonds. The quantitative estimate of drug-likeness (QED) is 0.600. The predicted molar refractivity (Wildman–Crippen MR) is 51.7 cm³/mol. The fourth-order valence-electron chi connectivity index (χ4n) is 1.86. The number of nitrogens with zero attached hydrogens (tertiary/aromatic N) is 2. The van der Waals surface area contributed by atoms with Crippen LogP contribution in [0.3, 0.4) is 0 Å². The van der Waals surface area contributed by atoms with Crippen LogP contribution in [-0.4, -0.2) is 55.9 Å². The molecule has 72 valence electrons. The Morgan fingerprint density at radius 1 is 1.33 bits per heavy atom. The van der Waals surface area contributed by atoms with Gasteiger partial charge in [-0.25, -0.2) is 4.90 Å². The second-order valence-corrected chi connectivity index (χ2v) is 3.75. The molecule has 0 aromatic carbocycles. The summed E-state index contributed by atoms with van der Waals surface area (Å²) in [5, 5.41) is 3.22. The van der Waals surface area contributed by atoms with Crippen molar-refractivity contribution in [3.05, 3.63) is 0 Å². The highest BCUT2D eigenvalue weighted by Gasteiger charge is 2.38. The van der Waals surface area contributed by atoms with Crippen molar-refractivity contribution in [2.45, 2.75) is 13.8 Å². The summed E-state index contributed by atoms with van der Waals surface area (Å²) in [5.41, 5.74) is 0. The van der Waals surface area contributed by atoms with Gasteiger partial charge in [0, 0.05) is 13.1 Å². The van der Waals surface area contributed by atoms with Gasteiger partial charge in [0.15, 0.2) is 0 Å². The summed E-state index contributed by atoms with van der Waals surface area (Å²) in [6.45, 7) is 12.0. The predicted octanol–water partition coefficient (Wildman–Crippen LogP) is 0.293. The Morgan fingerprint density at radius 2 is 2.00 bits per heavy atom. The van der Waals surface area contributed by atoms with Gasteiger partial charge in [-0.2, -0.15) is 0 Å². The van der Waals surface area contributed by atoms with E-state index in [4.69, 9.17) is 0 Å². The average Bonchev–Trinajstić information content (AvgIpc) is 2.04. The normalized spacial score (nSPS) is 22.2. The topological polar surface area (TPSA) is 15.3 Å². The summed E-state index contributed by atoms with van der Waals surface area (Å²) in [5.74, 6) is 0. The highest BCUT2D eigenvalue weighted by atomic mass is 15.6. The highest BCUT2D eigenvalue weighted by molar-refractivity contribution is 4.56. The molecule has 1 N–H and O–H groups in total. The number of hydrogen-bond donors (Lipinski definition) is 1. The number of nitrogens with one attached hydrogen (secondary N) is 1. The van der Waals surface area contributed by atoms with E-state index in [-0.39, 0.29) is 0 Å². The maximum Gasteiger partial charge on any atom is 0.140 e. The lowest BCUT2D eigenvalue weighted by molar-refractivity contribution is -0.993. The lowest BCUT2D eigenvalue weighted by Gasteiger charge is -2.51. The van der Waals surface area contributed by atoms with Crippen molar-refractivity contribution in [2.75, 3.05) is 46.6 Å². The Labute approximate surface area is 75.9 Å². The highest BCUT2D eigenvalue weighted by Crippen LogP contribution is 2.19. The van der Waals surface area contributed by atoms with Gasteiger partial charge in [-0.15, -0.1) is 0 Å². The van der Waals surface area contributed by atoms with Gasteiger partial charge >= 0.3 is 0 Å². The molecular weight excluding hydrogens is 150 g/mol. The zero-order chi connectivity index (χ0) is 9.03. The molecule has 0 radical (unpaired) electrons. The van der Waals surface area contributed by atoms with E-state index >= 15 is 0 Å². The molecule has 1 saturated heterocycles. The van der Waals surface area contributed by atoms with Crippen LogP contribution < -0.4 is 5.32 Å². The first-order valence-electron chi connectivity index (χ1n) is 4.98. The minimum absolute atomic E-state index is 1.14. The van der Waals surface area contributed by atoms with Crippen molar-refractivity contribution in [1.82, 2.24) is 10.2 Å². The van der Waals surface area contributed by atoms with Crippen molar-refractivity contribution in [3.63, 3.8) is 0 Å². The Kier molecular flexibility index (Phi) is 3.50. The monoisotopic (exact) mass is 172 g/mol. The van der Waals surface area contributed by atoms with E-state index in [1.807, 2.05) is 7.05 Å². The van der Waals surface area contributed by atoms with E-state index < -0.39 is 0 Å². The molecule has 1 aliphatic rings. The molecule has 1 fully saturated rings. The maximum absolute atomic E-state index is 3.22.